The van der Waals surface area contributed by atoms with Crippen molar-refractivity contribution < 1.29 is 4.92 Å². The van der Waals surface area contributed by atoms with Gasteiger partial charge in [-0.2, -0.15) is 5.10 Å². The first-order valence-electron chi connectivity index (χ1n) is 5.95. The molecular weight excluding hydrogens is 244 g/mol. The molecule has 19 heavy (non-hydrogen) atoms. The van der Waals surface area contributed by atoms with Crippen molar-refractivity contribution in [2.75, 3.05) is 0 Å². The van der Waals surface area contributed by atoms with E-state index in [9.17, 15) is 10.1 Å². The molecule has 1 aromatic carbocycles. The Morgan fingerprint density at radius 1 is 1.16 bits per heavy atom. The summed E-state index contributed by atoms with van der Waals surface area (Å²) >= 11 is 0. The molecule has 0 fully saturated rings. The molecule has 0 aliphatic heterocycles. The minimum atomic E-state index is -0.347. The van der Waals surface area contributed by atoms with Gasteiger partial charge < -0.3 is 4.57 Å². The van der Waals surface area contributed by atoms with Gasteiger partial charge in [-0.1, -0.05) is 6.07 Å². The number of rotatable bonds is 4. The topological polar surface area (TPSA) is 65.9 Å². The molecule has 0 bridgehead atoms. The average molecular weight is 256 g/mol. The van der Waals surface area contributed by atoms with Gasteiger partial charge >= 0.3 is 0 Å². The van der Waals surface area contributed by atoms with E-state index in [2.05, 4.69) is 5.10 Å². The summed E-state index contributed by atoms with van der Waals surface area (Å²) in [5.74, 6) is 0. The van der Waals surface area contributed by atoms with E-state index < -0.39 is 0 Å². The Kier molecular flexibility index (Phi) is 2.75. The summed E-state index contributed by atoms with van der Waals surface area (Å²) in [7, 11) is 0. The van der Waals surface area contributed by atoms with Crippen molar-refractivity contribution in [2.24, 2.45) is 0 Å². The normalized spacial score (nSPS) is 10.9. The lowest BCUT2D eigenvalue weighted by Crippen LogP contribution is -2.06. The van der Waals surface area contributed by atoms with Gasteiger partial charge in [-0.15, -0.1) is 0 Å². The Labute approximate surface area is 109 Å². The molecule has 2 aromatic heterocycles. The summed E-state index contributed by atoms with van der Waals surface area (Å²) in [5.41, 5.74) is 1.02. The van der Waals surface area contributed by atoms with Gasteiger partial charge in [0.1, 0.15) is 0 Å². The zero-order valence-corrected chi connectivity index (χ0v) is 10.1. The third kappa shape index (κ3) is 2.08. The highest BCUT2D eigenvalue weighted by molar-refractivity contribution is 5.89. The maximum absolute atomic E-state index is 11.0. The van der Waals surface area contributed by atoms with Crippen LogP contribution in [-0.4, -0.2) is 19.3 Å². The van der Waals surface area contributed by atoms with Gasteiger partial charge in [0.25, 0.3) is 5.69 Å². The molecule has 0 unspecified atom stereocenters. The molecule has 0 N–H and O–H groups in total. The molecule has 3 rings (SSSR count). The molecular formula is C13H12N4O2. The third-order valence-electron chi connectivity index (χ3n) is 3.12. The van der Waals surface area contributed by atoms with Crippen LogP contribution >= 0.6 is 0 Å². The van der Waals surface area contributed by atoms with Crippen molar-refractivity contribution >= 4 is 16.6 Å². The number of non-ortho nitro benzene ring substituents is 1. The second-order valence-corrected chi connectivity index (χ2v) is 4.25. The lowest BCUT2D eigenvalue weighted by Gasteiger charge is -2.05. The molecule has 0 aliphatic rings. The Balaban J connectivity index is 1.92. The largest absolute Gasteiger partial charge is 0.345 e. The zero-order chi connectivity index (χ0) is 13.2. The third-order valence-corrected chi connectivity index (χ3v) is 3.12. The highest BCUT2D eigenvalue weighted by Gasteiger charge is 2.13. The first-order chi connectivity index (χ1) is 9.25. The number of aromatic nitrogens is 3. The van der Waals surface area contributed by atoms with Crippen molar-refractivity contribution in [2.45, 2.75) is 13.1 Å². The van der Waals surface area contributed by atoms with Crippen LogP contribution in [0.25, 0.3) is 10.9 Å². The van der Waals surface area contributed by atoms with Crippen LogP contribution in [0.5, 0.6) is 0 Å². The van der Waals surface area contributed by atoms with E-state index in [-0.39, 0.29) is 10.6 Å². The van der Waals surface area contributed by atoms with Crippen LogP contribution in [0, 0.1) is 10.1 Å². The quantitative estimate of drug-likeness (QED) is 0.532. The van der Waals surface area contributed by atoms with Crippen LogP contribution in [0.3, 0.4) is 0 Å². The molecule has 0 aliphatic carbocycles. The summed E-state index contributed by atoms with van der Waals surface area (Å²) in [6.07, 6.45) is 5.51. The van der Waals surface area contributed by atoms with Crippen molar-refractivity contribution in [1.82, 2.24) is 14.3 Å². The summed E-state index contributed by atoms with van der Waals surface area (Å²) in [6.45, 7) is 1.46. The van der Waals surface area contributed by atoms with E-state index in [1.54, 1.807) is 18.3 Å². The fraction of sp³-hybridized carbons (Fsp3) is 0.154. The van der Waals surface area contributed by atoms with Crippen molar-refractivity contribution in [1.29, 1.82) is 0 Å². The number of nitrogens with zero attached hydrogens (tertiary/aromatic N) is 4. The lowest BCUT2D eigenvalue weighted by molar-refractivity contribution is -0.383. The maximum Gasteiger partial charge on any atom is 0.278 e. The Bertz CT molecular complexity index is 715. The lowest BCUT2D eigenvalue weighted by atomic mass is 10.2. The van der Waals surface area contributed by atoms with Crippen LogP contribution in [0.15, 0.2) is 48.9 Å². The Hall–Kier alpha value is -2.63. The summed E-state index contributed by atoms with van der Waals surface area (Å²) < 4.78 is 3.84. The van der Waals surface area contributed by atoms with Crippen LogP contribution < -0.4 is 0 Å². The SMILES string of the molecule is O=[N+]([O-])c1cccc2c1ccn2CCn1cccn1. The van der Waals surface area contributed by atoms with E-state index in [0.717, 1.165) is 18.6 Å². The fourth-order valence-corrected chi connectivity index (χ4v) is 2.20. The van der Waals surface area contributed by atoms with Gasteiger partial charge in [0.2, 0.25) is 0 Å². The Morgan fingerprint density at radius 3 is 2.79 bits per heavy atom. The molecule has 0 radical (unpaired) electrons. The van der Waals surface area contributed by atoms with Gasteiger partial charge in [-0.05, 0) is 18.2 Å². The fourth-order valence-electron chi connectivity index (χ4n) is 2.20. The monoisotopic (exact) mass is 256 g/mol. The van der Waals surface area contributed by atoms with Crippen LogP contribution in [-0.2, 0) is 13.1 Å². The van der Waals surface area contributed by atoms with Crippen molar-refractivity contribution in [3.8, 4) is 0 Å². The number of nitro groups is 1. The van der Waals surface area contributed by atoms with E-state index in [1.807, 2.05) is 33.8 Å². The number of aryl methyl sites for hydroxylation is 2. The van der Waals surface area contributed by atoms with Gasteiger partial charge in [0.05, 0.1) is 22.4 Å². The Morgan fingerprint density at radius 2 is 2.05 bits per heavy atom. The van der Waals surface area contributed by atoms with E-state index in [1.165, 1.54) is 6.07 Å². The van der Waals surface area contributed by atoms with Gasteiger partial charge in [0.15, 0.2) is 0 Å². The van der Waals surface area contributed by atoms with Crippen LogP contribution in [0.1, 0.15) is 0 Å². The summed E-state index contributed by atoms with van der Waals surface area (Å²) in [6, 6.07) is 8.80. The molecule has 6 heteroatoms. The van der Waals surface area contributed by atoms with Gasteiger partial charge in [-0.3, -0.25) is 14.8 Å². The average Bonchev–Trinajstić information content (AvgIpc) is 3.05. The van der Waals surface area contributed by atoms with E-state index in [0.29, 0.717) is 5.39 Å². The summed E-state index contributed by atoms with van der Waals surface area (Å²) in [5, 5.41) is 15.8. The second kappa shape index (κ2) is 4.56. The number of hydrogen-bond acceptors (Lipinski definition) is 3. The van der Waals surface area contributed by atoms with Gasteiger partial charge in [0, 0.05) is 31.2 Å². The molecule has 0 atom stereocenters. The highest BCUT2D eigenvalue weighted by Crippen LogP contribution is 2.26. The molecule has 3 aromatic rings. The molecule has 96 valence electrons. The molecule has 0 spiro atoms. The molecule has 0 saturated carbocycles. The van der Waals surface area contributed by atoms with Crippen LogP contribution in [0.4, 0.5) is 5.69 Å². The maximum atomic E-state index is 11.0. The first kappa shape index (κ1) is 11.5. The summed E-state index contributed by atoms with van der Waals surface area (Å²) in [4.78, 5) is 10.6. The first-order valence-corrected chi connectivity index (χ1v) is 5.95. The standard InChI is InChI=1S/C13H12N4O2/c18-17(19)13-4-1-3-12-11(13)5-8-15(12)9-10-16-7-2-6-14-16/h1-8H,9-10H2. The molecule has 0 saturated heterocycles. The minimum absolute atomic E-state index is 0.148. The predicted molar refractivity (Wildman–Crippen MR) is 70.8 cm³/mol. The zero-order valence-electron chi connectivity index (χ0n) is 10.1. The van der Waals surface area contributed by atoms with Gasteiger partial charge in [-0.25, -0.2) is 0 Å². The highest BCUT2D eigenvalue weighted by atomic mass is 16.6. The number of benzene rings is 1. The number of hydrogen-bond donors (Lipinski definition) is 0. The minimum Gasteiger partial charge on any atom is -0.345 e. The van der Waals surface area contributed by atoms with Crippen molar-refractivity contribution in [3.63, 3.8) is 0 Å². The second-order valence-electron chi connectivity index (χ2n) is 4.25. The number of fused-ring (bicyclic) bond motifs is 1. The molecule has 2 heterocycles. The smallest absolute Gasteiger partial charge is 0.278 e. The number of nitro benzene ring substituents is 1. The van der Waals surface area contributed by atoms with Crippen molar-refractivity contribution in [3.05, 3.63) is 59.0 Å². The molecule has 0 amide bonds. The molecule has 6 nitrogen and oxygen atoms in total. The predicted octanol–water partition coefficient (Wildman–Crippen LogP) is 2.45. The van der Waals surface area contributed by atoms with Crippen LogP contribution in [0.2, 0.25) is 0 Å². The van der Waals surface area contributed by atoms with E-state index >= 15 is 0 Å². The van der Waals surface area contributed by atoms with E-state index in [4.69, 9.17) is 0 Å².